The first-order chi connectivity index (χ1) is 8.66. The topological polar surface area (TPSA) is 48.1 Å². The van der Waals surface area contributed by atoms with Crippen LogP contribution in [0.5, 0.6) is 11.6 Å². The van der Waals surface area contributed by atoms with Gasteiger partial charge in [-0.3, -0.25) is 0 Å². The van der Waals surface area contributed by atoms with Gasteiger partial charge in [0.2, 0.25) is 5.88 Å². The van der Waals surface area contributed by atoms with E-state index in [0.717, 1.165) is 22.2 Å². The lowest BCUT2D eigenvalue weighted by Crippen LogP contribution is -2.18. The minimum absolute atomic E-state index is 0.0794. The van der Waals surface area contributed by atoms with Gasteiger partial charge in [-0.25, -0.2) is 4.98 Å². The molecule has 18 heavy (non-hydrogen) atoms. The Hall–Kier alpha value is -1.39. The Bertz CT molecular complexity index is 529. The Balaban J connectivity index is 2.26. The molecule has 2 rings (SSSR count). The third kappa shape index (κ3) is 3.31. The number of hydrogen-bond acceptors (Lipinski definition) is 3. The molecule has 3 nitrogen and oxygen atoms in total. The van der Waals surface area contributed by atoms with Gasteiger partial charge in [0.05, 0.1) is 4.47 Å². The number of nitrogens with two attached hydrogens (primary N) is 1. The summed E-state index contributed by atoms with van der Waals surface area (Å²) in [5.74, 6) is 1.36. The van der Waals surface area contributed by atoms with Gasteiger partial charge >= 0.3 is 0 Å². The van der Waals surface area contributed by atoms with E-state index in [2.05, 4.69) is 20.9 Å². The molecule has 1 heterocycles. The first-order valence-electron chi connectivity index (χ1n) is 5.78. The van der Waals surface area contributed by atoms with Crippen molar-refractivity contribution in [2.45, 2.75) is 19.4 Å². The molecule has 0 aliphatic heterocycles. The molecule has 0 aliphatic carbocycles. The molecule has 2 N–H and O–H groups in total. The van der Waals surface area contributed by atoms with Crippen molar-refractivity contribution in [1.82, 2.24) is 4.98 Å². The second-order valence-electron chi connectivity index (χ2n) is 4.18. The molecule has 1 atom stereocenters. The minimum atomic E-state index is 0.0794. The maximum absolute atomic E-state index is 5.83. The average molecular weight is 307 g/mol. The monoisotopic (exact) mass is 306 g/mol. The van der Waals surface area contributed by atoms with Crippen molar-refractivity contribution in [3.63, 3.8) is 0 Å². The number of rotatable bonds is 4. The van der Waals surface area contributed by atoms with Gasteiger partial charge in [-0.05, 0) is 47.5 Å². The number of aromatic nitrogens is 1. The zero-order chi connectivity index (χ0) is 13.0. The van der Waals surface area contributed by atoms with Crippen LogP contribution < -0.4 is 10.5 Å². The van der Waals surface area contributed by atoms with Crippen LogP contribution in [0.25, 0.3) is 0 Å². The van der Waals surface area contributed by atoms with E-state index in [1.54, 1.807) is 6.20 Å². The van der Waals surface area contributed by atoms with E-state index in [9.17, 15) is 0 Å². The number of pyridine rings is 1. The summed E-state index contributed by atoms with van der Waals surface area (Å²) < 4.78 is 6.73. The Morgan fingerprint density at radius 2 is 2.06 bits per heavy atom. The van der Waals surface area contributed by atoms with E-state index in [1.807, 2.05) is 43.3 Å². The van der Waals surface area contributed by atoms with Crippen LogP contribution in [0, 0.1) is 0 Å². The normalized spacial score (nSPS) is 12.2. The molecule has 1 unspecified atom stereocenters. The first-order valence-corrected chi connectivity index (χ1v) is 6.58. The number of nitrogens with zero attached hydrogens (tertiary/aromatic N) is 1. The van der Waals surface area contributed by atoms with E-state index in [0.29, 0.717) is 5.88 Å². The Morgan fingerprint density at radius 3 is 2.78 bits per heavy atom. The number of benzene rings is 1. The highest BCUT2D eigenvalue weighted by molar-refractivity contribution is 9.10. The number of para-hydroxylation sites is 1. The molecule has 0 aliphatic rings. The van der Waals surface area contributed by atoms with E-state index in [1.165, 1.54) is 0 Å². The Kier molecular flexibility index (Phi) is 4.33. The van der Waals surface area contributed by atoms with Crippen molar-refractivity contribution >= 4 is 15.9 Å². The van der Waals surface area contributed by atoms with Gasteiger partial charge in [-0.1, -0.05) is 18.2 Å². The maximum Gasteiger partial charge on any atom is 0.222 e. The van der Waals surface area contributed by atoms with Gasteiger partial charge in [0.15, 0.2) is 0 Å². The highest BCUT2D eigenvalue weighted by Gasteiger charge is 2.09. The van der Waals surface area contributed by atoms with Gasteiger partial charge in [-0.15, -0.1) is 0 Å². The van der Waals surface area contributed by atoms with Gasteiger partial charge in [0.1, 0.15) is 5.75 Å². The predicted octanol–water partition coefficient (Wildman–Crippen LogP) is 3.53. The molecular formula is C14H15BrN2O. The largest absolute Gasteiger partial charge is 0.438 e. The second-order valence-corrected chi connectivity index (χ2v) is 5.04. The van der Waals surface area contributed by atoms with Crippen molar-refractivity contribution < 1.29 is 4.74 Å². The maximum atomic E-state index is 5.83. The van der Waals surface area contributed by atoms with Crippen molar-refractivity contribution in [1.29, 1.82) is 0 Å². The fraction of sp³-hybridized carbons (Fsp3) is 0.214. The predicted molar refractivity (Wildman–Crippen MR) is 75.8 cm³/mol. The third-order valence-corrected chi connectivity index (χ3v) is 3.09. The molecule has 0 saturated carbocycles. The first kappa shape index (κ1) is 13.1. The van der Waals surface area contributed by atoms with Crippen LogP contribution in [0.2, 0.25) is 0 Å². The summed E-state index contributed by atoms with van der Waals surface area (Å²) in [5.41, 5.74) is 6.84. The second kappa shape index (κ2) is 5.98. The van der Waals surface area contributed by atoms with Crippen LogP contribution >= 0.6 is 15.9 Å². The van der Waals surface area contributed by atoms with Crippen LogP contribution in [0.15, 0.2) is 47.1 Å². The summed E-state index contributed by atoms with van der Waals surface area (Å²) in [7, 11) is 0. The van der Waals surface area contributed by atoms with Crippen LogP contribution in [0.1, 0.15) is 12.5 Å². The summed E-state index contributed by atoms with van der Waals surface area (Å²) in [5, 5.41) is 0. The molecule has 1 aromatic carbocycles. The van der Waals surface area contributed by atoms with E-state index in [-0.39, 0.29) is 6.04 Å². The fourth-order valence-electron chi connectivity index (χ4n) is 1.65. The van der Waals surface area contributed by atoms with Crippen molar-refractivity contribution in [2.24, 2.45) is 5.73 Å². The highest BCUT2D eigenvalue weighted by atomic mass is 79.9. The Morgan fingerprint density at radius 1 is 1.28 bits per heavy atom. The lowest BCUT2D eigenvalue weighted by molar-refractivity contribution is 0.451. The van der Waals surface area contributed by atoms with Gasteiger partial charge in [0, 0.05) is 17.8 Å². The Labute approximate surface area is 115 Å². The summed E-state index contributed by atoms with van der Waals surface area (Å²) in [6.45, 7) is 1.97. The van der Waals surface area contributed by atoms with E-state index >= 15 is 0 Å². The minimum Gasteiger partial charge on any atom is -0.438 e. The lowest BCUT2D eigenvalue weighted by atomic mass is 10.1. The molecule has 0 bridgehead atoms. The third-order valence-electron chi connectivity index (χ3n) is 2.44. The molecule has 0 amide bonds. The lowest BCUT2D eigenvalue weighted by Gasteiger charge is -2.12. The molecular weight excluding hydrogens is 292 g/mol. The van der Waals surface area contributed by atoms with Crippen molar-refractivity contribution in [3.05, 3.63) is 52.6 Å². The number of ether oxygens (including phenoxy) is 1. The van der Waals surface area contributed by atoms with Crippen molar-refractivity contribution in [3.8, 4) is 11.6 Å². The van der Waals surface area contributed by atoms with Crippen LogP contribution in [-0.2, 0) is 6.42 Å². The molecule has 4 heteroatoms. The van der Waals surface area contributed by atoms with Crippen molar-refractivity contribution in [2.75, 3.05) is 0 Å². The van der Waals surface area contributed by atoms with Crippen LogP contribution in [-0.4, -0.2) is 11.0 Å². The molecule has 0 saturated heterocycles. The zero-order valence-electron chi connectivity index (χ0n) is 10.1. The van der Waals surface area contributed by atoms with Gasteiger partial charge in [0.25, 0.3) is 0 Å². The molecule has 0 radical (unpaired) electrons. The van der Waals surface area contributed by atoms with Crippen LogP contribution in [0.3, 0.4) is 0 Å². The molecule has 0 spiro atoms. The summed E-state index contributed by atoms with van der Waals surface area (Å²) in [6, 6.07) is 11.7. The number of halogens is 1. The highest BCUT2D eigenvalue weighted by Crippen LogP contribution is 2.30. The van der Waals surface area contributed by atoms with E-state index in [4.69, 9.17) is 10.5 Å². The molecule has 2 aromatic rings. The standard InChI is InChI=1S/C14H15BrN2O/c1-10(16)9-11-5-4-8-17-14(11)18-13-7-3-2-6-12(13)15/h2-8,10H,9,16H2,1H3. The quantitative estimate of drug-likeness (QED) is 0.940. The average Bonchev–Trinajstić information content (AvgIpc) is 2.34. The molecule has 1 aromatic heterocycles. The molecule has 94 valence electrons. The fourth-order valence-corrected chi connectivity index (χ4v) is 2.02. The van der Waals surface area contributed by atoms with Crippen LogP contribution in [0.4, 0.5) is 0 Å². The van der Waals surface area contributed by atoms with Gasteiger partial charge in [-0.2, -0.15) is 0 Å². The number of hydrogen-bond donors (Lipinski definition) is 1. The summed E-state index contributed by atoms with van der Waals surface area (Å²) in [6.07, 6.45) is 2.46. The van der Waals surface area contributed by atoms with Gasteiger partial charge < -0.3 is 10.5 Å². The SMILES string of the molecule is CC(N)Cc1cccnc1Oc1ccccc1Br. The smallest absolute Gasteiger partial charge is 0.222 e. The summed E-state index contributed by atoms with van der Waals surface area (Å²) in [4.78, 5) is 4.27. The summed E-state index contributed by atoms with van der Waals surface area (Å²) >= 11 is 3.45. The molecule has 0 fully saturated rings. The van der Waals surface area contributed by atoms with E-state index < -0.39 is 0 Å². The zero-order valence-corrected chi connectivity index (χ0v) is 11.7.